The number of amides is 1. The lowest BCUT2D eigenvalue weighted by molar-refractivity contribution is -0.116. The number of carboxylic acids is 1. The fraction of sp³-hybridized carbons (Fsp3) is 0.467. The normalized spacial score (nSPS) is 15.1. The number of carbonyl (C=O) groups excluding carboxylic acids is 1. The van der Waals surface area contributed by atoms with Crippen molar-refractivity contribution >= 4 is 40.8 Å². The molecule has 0 heterocycles. The molecule has 4 nitrogen and oxygen atoms in total. The molecule has 0 spiro atoms. The maximum Gasteiger partial charge on any atom is 0.337 e. The lowest BCUT2D eigenvalue weighted by Gasteiger charge is -2.12. The third kappa shape index (κ3) is 4.35. The first-order valence-electron chi connectivity index (χ1n) is 6.99. The van der Waals surface area contributed by atoms with Gasteiger partial charge in [0.05, 0.1) is 16.3 Å². The van der Waals surface area contributed by atoms with Gasteiger partial charge in [0.25, 0.3) is 0 Å². The molecule has 21 heavy (non-hydrogen) atoms. The van der Waals surface area contributed by atoms with Crippen molar-refractivity contribution in [2.75, 3.05) is 5.32 Å². The molecule has 6 heteroatoms. The van der Waals surface area contributed by atoms with Crippen LogP contribution in [0.3, 0.4) is 0 Å². The van der Waals surface area contributed by atoms with Crippen LogP contribution >= 0.6 is 23.2 Å². The number of rotatable bonds is 5. The summed E-state index contributed by atoms with van der Waals surface area (Å²) in [5, 5.41) is 12.1. The van der Waals surface area contributed by atoms with E-state index >= 15 is 0 Å². The minimum Gasteiger partial charge on any atom is -0.478 e. The Balaban J connectivity index is 2.04. The van der Waals surface area contributed by atoms with E-state index in [0.717, 1.165) is 6.42 Å². The fourth-order valence-electron chi connectivity index (χ4n) is 2.71. The summed E-state index contributed by atoms with van der Waals surface area (Å²) in [5.74, 6) is -0.783. The fourth-order valence-corrected chi connectivity index (χ4v) is 3.25. The molecule has 0 radical (unpaired) electrons. The lowest BCUT2D eigenvalue weighted by atomic mass is 10.0. The van der Waals surface area contributed by atoms with E-state index in [9.17, 15) is 9.59 Å². The first-order chi connectivity index (χ1) is 9.97. The summed E-state index contributed by atoms with van der Waals surface area (Å²) >= 11 is 11.8. The molecular weight excluding hydrogens is 313 g/mol. The Labute approximate surface area is 133 Å². The molecule has 1 aliphatic carbocycles. The highest BCUT2D eigenvalue weighted by atomic mass is 35.5. The van der Waals surface area contributed by atoms with Crippen LogP contribution in [0, 0.1) is 5.92 Å². The van der Waals surface area contributed by atoms with Crippen molar-refractivity contribution < 1.29 is 14.7 Å². The van der Waals surface area contributed by atoms with Crippen LogP contribution in [0.4, 0.5) is 5.69 Å². The molecule has 0 atom stereocenters. The summed E-state index contributed by atoms with van der Waals surface area (Å²) < 4.78 is 0. The smallest absolute Gasteiger partial charge is 0.337 e. The zero-order valence-electron chi connectivity index (χ0n) is 11.5. The van der Waals surface area contributed by atoms with Crippen molar-refractivity contribution in [3.05, 3.63) is 27.7 Å². The molecule has 0 bridgehead atoms. The minimum atomic E-state index is -1.18. The summed E-state index contributed by atoms with van der Waals surface area (Å²) in [4.78, 5) is 23.2. The van der Waals surface area contributed by atoms with Crippen molar-refractivity contribution in [2.45, 2.75) is 38.5 Å². The van der Waals surface area contributed by atoms with E-state index < -0.39 is 5.97 Å². The number of hydrogen-bond donors (Lipinski definition) is 2. The van der Waals surface area contributed by atoms with Crippen LogP contribution in [0.1, 0.15) is 48.9 Å². The Morgan fingerprint density at radius 3 is 2.52 bits per heavy atom. The van der Waals surface area contributed by atoms with Crippen molar-refractivity contribution in [3.8, 4) is 0 Å². The Hall–Kier alpha value is -1.26. The van der Waals surface area contributed by atoms with Gasteiger partial charge in [-0.25, -0.2) is 4.79 Å². The second kappa shape index (κ2) is 7.14. The molecule has 1 aromatic rings. The van der Waals surface area contributed by atoms with Crippen LogP contribution in [0.25, 0.3) is 0 Å². The zero-order chi connectivity index (χ0) is 15.4. The number of halogens is 2. The van der Waals surface area contributed by atoms with Crippen LogP contribution in [0.15, 0.2) is 12.1 Å². The molecule has 1 amide bonds. The summed E-state index contributed by atoms with van der Waals surface area (Å²) in [6.07, 6.45) is 6.03. The van der Waals surface area contributed by atoms with Gasteiger partial charge in [-0.05, 0) is 24.5 Å². The standard InChI is InChI=1S/C15H17Cl2NO3/c16-10-7-11(15(20)21)14(12(17)8-10)18-13(19)6-5-9-3-1-2-4-9/h7-9H,1-6H2,(H,18,19)(H,20,21). The van der Waals surface area contributed by atoms with Gasteiger partial charge in [0.1, 0.15) is 0 Å². The molecule has 1 aliphatic rings. The quantitative estimate of drug-likeness (QED) is 0.829. The third-order valence-corrected chi connectivity index (χ3v) is 4.32. The largest absolute Gasteiger partial charge is 0.478 e. The van der Waals surface area contributed by atoms with Gasteiger partial charge in [-0.3, -0.25) is 4.79 Å². The molecule has 1 saturated carbocycles. The van der Waals surface area contributed by atoms with Gasteiger partial charge in [0, 0.05) is 11.4 Å². The van der Waals surface area contributed by atoms with Crippen molar-refractivity contribution in [2.24, 2.45) is 5.92 Å². The van der Waals surface area contributed by atoms with Gasteiger partial charge in [-0.1, -0.05) is 48.9 Å². The van der Waals surface area contributed by atoms with Crippen LogP contribution in [0.2, 0.25) is 10.0 Å². The average molecular weight is 330 g/mol. The van der Waals surface area contributed by atoms with Crippen LogP contribution < -0.4 is 5.32 Å². The first-order valence-corrected chi connectivity index (χ1v) is 7.75. The van der Waals surface area contributed by atoms with E-state index in [0.29, 0.717) is 12.3 Å². The predicted molar refractivity (Wildman–Crippen MR) is 83.2 cm³/mol. The maximum atomic E-state index is 12.0. The van der Waals surface area contributed by atoms with Gasteiger partial charge in [-0.15, -0.1) is 0 Å². The highest BCUT2D eigenvalue weighted by Crippen LogP contribution is 2.31. The summed E-state index contributed by atoms with van der Waals surface area (Å²) in [7, 11) is 0. The van der Waals surface area contributed by atoms with Gasteiger partial charge in [0.15, 0.2) is 0 Å². The molecule has 0 saturated heterocycles. The molecule has 1 aromatic carbocycles. The monoisotopic (exact) mass is 329 g/mol. The second-order valence-corrected chi connectivity index (χ2v) is 6.20. The number of nitrogens with one attached hydrogen (secondary N) is 1. The van der Waals surface area contributed by atoms with Crippen LogP contribution in [0.5, 0.6) is 0 Å². The topological polar surface area (TPSA) is 66.4 Å². The van der Waals surface area contributed by atoms with E-state index in [1.54, 1.807) is 0 Å². The van der Waals surface area contributed by atoms with Crippen molar-refractivity contribution in [3.63, 3.8) is 0 Å². The Morgan fingerprint density at radius 1 is 1.24 bits per heavy atom. The lowest BCUT2D eigenvalue weighted by Crippen LogP contribution is -2.16. The number of carbonyl (C=O) groups is 2. The maximum absolute atomic E-state index is 12.0. The number of benzene rings is 1. The van der Waals surface area contributed by atoms with Crippen LogP contribution in [-0.2, 0) is 4.79 Å². The van der Waals surface area contributed by atoms with Crippen LogP contribution in [-0.4, -0.2) is 17.0 Å². The van der Waals surface area contributed by atoms with E-state index in [1.165, 1.54) is 37.8 Å². The first kappa shape index (κ1) is 16.1. The summed E-state index contributed by atoms with van der Waals surface area (Å²) in [6, 6.07) is 2.70. The average Bonchev–Trinajstić information content (AvgIpc) is 2.92. The predicted octanol–water partition coefficient (Wildman–Crippen LogP) is 4.60. The van der Waals surface area contributed by atoms with Gasteiger partial charge in [0.2, 0.25) is 5.91 Å². The second-order valence-electron chi connectivity index (χ2n) is 5.35. The molecule has 114 valence electrons. The van der Waals surface area contributed by atoms with Gasteiger partial charge in [-0.2, -0.15) is 0 Å². The molecular formula is C15H17Cl2NO3. The summed E-state index contributed by atoms with van der Waals surface area (Å²) in [6.45, 7) is 0. The van der Waals surface area contributed by atoms with Gasteiger partial charge >= 0.3 is 5.97 Å². The Morgan fingerprint density at radius 2 is 1.90 bits per heavy atom. The number of anilines is 1. The Bertz CT molecular complexity index is 554. The third-order valence-electron chi connectivity index (χ3n) is 3.80. The highest BCUT2D eigenvalue weighted by molar-refractivity contribution is 6.37. The molecule has 0 aromatic heterocycles. The molecule has 0 aliphatic heterocycles. The number of carboxylic acid groups (broad SMARTS) is 1. The van der Waals surface area contributed by atoms with E-state index in [1.807, 2.05) is 0 Å². The molecule has 1 fully saturated rings. The van der Waals surface area contributed by atoms with Crippen molar-refractivity contribution in [1.29, 1.82) is 0 Å². The van der Waals surface area contributed by atoms with Gasteiger partial charge < -0.3 is 10.4 Å². The minimum absolute atomic E-state index is 0.0956. The number of hydrogen-bond acceptors (Lipinski definition) is 2. The Kier molecular flexibility index (Phi) is 5.48. The highest BCUT2D eigenvalue weighted by Gasteiger charge is 2.19. The summed E-state index contributed by atoms with van der Waals surface area (Å²) in [5.41, 5.74) is 0.0201. The van der Waals surface area contributed by atoms with Crippen molar-refractivity contribution in [1.82, 2.24) is 0 Å². The molecule has 0 unspecified atom stereocenters. The van der Waals surface area contributed by atoms with E-state index in [4.69, 9.17) is 28.3 Å². The zero-order valence-corrected chi connectivity index (χ0v) is 13.0. The molecule has 2 N–H and O–H groups in total. The van der Waals surface area contributed by atoms with E-state index in [-0.39, 0.29) is 27.2 Å². The van der Waals surface area contributed by atoms with E-state index in [2.05, 4.69) is 5.32 Å². The number of aromatic carboxylic acids is 1. The molecule has 2 rings (SSSR count). The SMILES string of the molecule is O=C(CCC1CCCC1)Nc1c(Cl)cc(Cl)cc1C(=O)O.